The highest BCUT2D eigenvalue weighted by atomic mass is 16.7. The molecule has 1 heterocycles. The number of ether oxygens (including phenoxy) is 2. The van der Waals surface area contributed by atoms with Gasteiger partial charge in [0.1, 0.15) is 0 Å². The van der Waals surface area contributed by atoms with E-state index in [1.165, 1.54) is 24.0 Å². The molecule has 1 aliphatic rings. The topological polar surface area (TPSA) is 30.5 Å². The van der Waals surface area contributed by atoms with Crippen LogP contribution in [-0.2, 0) is 22.7 Å². The molecule has 17 heavy (non-hydrogen) atoms. The third kappa shape index (κ3) is 3.80. The maximum atomic E-state index is 5.72. The molecule has 1 N–H and O–H groups in total. The highest BCUT2D eigenvalue weighted by molar-refractivity contribution is 5.26. The molecule has 0 amide bonds. The number of hydrogen-bond donors (Lipinski definition) is 1. The lowest BCUT2D eigenvalue weighted by molar-refractivity contribution is -0.145. The summed E-state index contributed by atoms with van der Waals surface area (Å²) in [7, 11) is 0. The van der Waals surface area contributed by atoms with Gasteiger partial charge in [0.25, 0.3) is 0 Å². The first-order valence-electron chi connectivity index (χ1n) is 6.41. The van der Waals surface area contributed by atoms with Gasteiger partial charge in [0.15, 0.2) is 6.29 Å². The highest BCUT2D eigenvalue weighted by Gasteiger charge is 2.15. The molecule has 0 unspecified atom stereocenters. The third-order valence-electron chi connectivity index (χ3n) is 2.99. The Labute approximate surface area is 103 Å². The largest absolute Gasteiger partial charge is 0.347 e. The van der Waals surface area contributed by atoms with Gasteiger partial charge >= 0.3 is 0 Å². The van der Waals surface area contributed by atoms with E-state index in [2.05, 4.69) is 24.4 Å². The number of hydrogen-bond acceptors (Lipinski definition) is 3. The van der Waals surface area contributed by atoms with Crippen LogP contribution in [0, 0.1) is 0 Å². The molecule has 1 aromatic rings. The van der Waals surface area contributed by atoms with Crippen molar-refractivity contribution in [3.63, 3.8) is 0 Å². The van der Waals surface area contributed by atoms with Gasteiger partial charge in [-0.15, -0.1) is 0 Å². The van der Waals surface area contributed by atoms with E-state index in [9.17, 15) is 0 Å². The Morgan fingerprint density at radius 2 is 1.82 bits per heavy atom. The molecule has 1 aromatic carbocycles. The van der Waals surface area contributed by atoms with Crippen molar-refractivity contribution < 1.29 is 9.47 Å². The summed E-state index contributed by atoms with van der Waals surface area (Å²) >= 11 is 0. The lowest BCUT2D eigenvalue weighted by Gasteiger charge is -2.15. The first kappa shape index (κ1) is 12.6. The van der Waals surface area contributed by atoms with Crippen LogP contribution < -0.4 is 5.32 Å². The smallest absolute Gasteiger partial charge is 0.170 e. The van der Waals surface area contributed by atoms with Crippen LogP contribution in [-0.4, -0.2) is 19.4 Å². The fraction of sp³-hybridized carbons (Fsp3) is 0.571. The molecule has 0 spiro atoms. The fourth-order valence-electron chi connectivity index (χ4n) is 1.89. The van der Waals surface area contributed by atoms with Crippen LogP contribution in [0.5, 0.6) is 0 Å². The van der Waals surface area contributed by atoms with Crippen molar-refractivity contribution in [3.8, 4) is 0 Å². The van der Waals surface area contributed by atoms with E-state index in [-0.39, 0.29) is 6.29 Å². The summed E-state index contributed by atoms with van der Waals surface area (Å²) in [4.78, 5) is 0. The standard InChI is InChI=1S/C14H21NO2/c1-2-3-8-15-9-14-16-10-12-6-4-5-7-13(12)11-17-14/h4-7,14-15H,2-3,8-11H2,1H3. The summed E-state index contributed by atoms with van der Waals surface area (Å²) in [6.07, 6.45) is 2.29. The second kappa shape index (κ2) is 6.74. The van der Waals surface area contributed by atoms with E-state index in [1.807, 2.05) is 12.1 Å². The number of nitrogens with one attached hydrogen (secondary N) is 1. The zero-order chi connectivity index (χ0) is 11.9. The Balaban J connectivity index is 1.78. The van der Waals surface area contributed by atoms with Crippen molar-refractivity contribution in [2.75, 3.05) is 13.1 Å². The zero-order valence-electron chi connectivity index (χ0n) is 10.4. The van der Waals surface area contributed by atoms with Crippen LogP contribution in [0.1, 0.15) is 30.9 Å². The minimum Gasteiger partial charge on any atom is -0.347 e. The van der Waals surface area contributed by atoms with Crippen LogP contribution in [0.4, 0.5) is 0 Å². The van der Waals surface area contributed by atoms with Crippen molar-refractivity contribution in [2.24, 2.45) is 0 Å². The number of fused-ring (bicyclic) bond motifs is 1. The first-order valence-corrected chi connectivity index (χ1v) is 6.41. The molecule has 0 saturated heterocycles. The first-order chi connectivity index (χ1) is 8.40. The summed E-state index contributed by atoms with van der Waals surface area (Å²) < 4.78 is 11.4. The van der Waals surface area contributed by atoms with Gasteiger partial charge in [0.2, 0.25) is 0 Å². The maximum Gasteiger partial charge on any atom is 0.170 e. The van der Waals surface area contributed by atoms with Gasteiger partial charge in [-0.25, -0.2) is 0 Å². The summed E-state index contributed by atoms with van der Waals surface area (Å²) in [6, 6.07) is 8.29. The minimum atomic E-state index is -0.126. The molecule has 2 rings (SSSR count). The van der Waals surface area contributed by atoms with Crippen molar-refractivity contribution in [1.82, 2.24) is 5.32 Å². The summed E-state index contributed by atoms with van der Waals surface area (Å²) in [5.74, 6) is 0. The predicted octanol–water partition coefficient (Wildman–Crippen LogP) is 2.45. The molecule has 0 aliphatic carbocycles. The molecular formula is C14H21NO2. The highest BCUT2D eigenvalue weighted by Crippen LogP contribution is 2.17. The van der Waals surface area contributed by atoms with Crippen LogP contribution >= 0.6 is 0 Å². The summed E-state index contributed by atoms with van der Waals surface area (Å²) in [6.45, 7) is 5.30. The van der Waals surface area contributed by atoms with E-state index in [1.54, 1.807) is 0 Å². The van der Waals surface area contributed by atoms with Crippen molar-refractivity contribution in [1.29, 1.82) is 0 Å². The molecule has 94 valence electrons. The van der Waals surface area contributed by atoms with E-state index >= 15 is 0 Å². The molecule has 0 saturated carbocycles. The quantitative estimate of drug-likeness (QED) is 0.795. The molecular weight excluding hydrogens is 214 g/mol. The van der Waals surface area contributed by atoms with Crippen LogP contribution in [0.2, 0.25) is 0 Å². The molecule has 3 heteroatoms. The van der Waals surface area contributed by atoms with Crippen molar-refractivity contribution in [2.45, 2.75) is 39.3 Å². The molecule has 3 nitrogen and oxygen atoms in total. The van der Waals surface area contributed by atoms with Gasteiger partial charge < -0.3 is 14.8 Å². The number of benzene rings is 1. The summed E-state index contributed by atoms with van der Waals surface area (Å²) in [5, 5.41) is 3.36. The van der Waals surface area contributed by atoms with Gasteiger partial charge in [0.05, 0.1) is 13.2 Å². The van der Waals surface area contributed by atoms with Gasteiger partial charge in [-0.3, -0.25) is 0 Å². The number of unbranched alkanes of at least 4 members (excludes halogenated alkanes) is 1. The average Bonchev–Trinajstić information content (AvgIpc) is 2.58. The Hall–Kier alpha value is -0.900. The normalized spacial score (nSPS) is 16.5. The van der Waals surface area contributed by atoms with Crippen molar-refractivity contribution in [3.05, 3.63) is 35.4 Å². The van der Waals surface area contributed by atoms with Crippen LogP contribution in [0.25, 0.3) is 0 Å². The lowest BCUT2D eigenvalue weighted by Crippen LogP contribution is -2.30. The minimum absolute atomic E-state index is 0.126. The van der Waals surface area contributed by atoms with Crippen LogP contribution in [0.3, 0.4) is 0 Å². The second-order valence-corrected chi connectivity index (χ2v) is 4.38. The van der Waals surface area contributed by atoms with Gasteiger partial charge in [0, 0.05) is 6.54 Å². The Morgan fingerprint density at radius 3 is 2.41 bits per heavy atom. The van der Waals surface area contributed by atoms with E-state index < -0.39 is 0 Å². The Bertz CT molecular complexity index is 314. The zero-order valence-corrected chi connectivity index (χ0v) is 10.4. The van der Waals surface area contributed by atoms with Crippen LogP contribution in [0.15, 0.2) is 24.3 Å². The molecule has 1 aliphatic heterocycles. The van der Waals surface area contributed by atoms with E-state index in [4.69, 9.17) is 9.47 Å². The fourth-order valence-corrected chi connectivity index (χ4v) is 1.89. The van der Waals surface area contributed by atoms with Gasteiger partial charge in [-0.2, -0.15) is 0 Å². The molecule has 0 bridgehead atoms. The van der Waals surface area contributed by atoms with Gasteiger partial charge in [-0.05, 0) is 24.1 Å². The average molecular weight is 235 g/mol. The van der Waals surface area contributed by atoms with E-state index in [0.717, 1.165) is 13.1 Å². The molecule has 0 atom stereocenters. The lowest BCUT2D eigenvalue weighted by atomic mass is 10.1. The summed E-state index contributed by atoms with van der Waals surface area (Å²) in [5.41, 5.74) is 2.48. The third-order valence-corrected chi connectivity index (χ3v) is 2.99. The maximum absolute atomic E-state index is 5.72. The van der Waals surface area contributed by atoms with Gasteiger partial charge in [-0.1, -0.05) is 37.6 Å². The monoisotopic (exact) mass is 235 g/mol. The Kier molecular flexibility index (Phi) is 4.98. The second-order valence-electron chi connectivity index (χ2n) is 4.38. The molecule has 0 radical (unpaired) electrons. The Morgan fingerprint density at radius 1 is 1.18 bits per heavy atom. The predicted molar refractivity (Wildman–Crippen MR) is 67.6 cm³/mol. The molecule has 0 aromatic heterocycles. The van der Waals surface area contributed by atoms with E-state index in [0.29, 0.717) is 13.2 Å². The number of rotatable bonds is 5. The SMILES string of the molecule is CCCCNCC1OCc2ccccc2CO1. The van der Waals surface area contributed by atoms with Crippen molar-refractivity contribution >= 4 is 0 Å². The molecule has 0 fully saturated rings.